The molecule has 0 bridgehead atoms. The van der Waals surface area contributed by atoms with Crippen molar-refractivity contribution in [3.8, 4) is 5.88 Å². The van der Waals surface area contributed by atoms with Crippen molar-refractivity contribution in [1.82, 2.24) is 9.88 Å². The van der Waals surface area contributed by atoms with Crippen LogP contribution in [0.4, 0.5) is 18.9 Å². The minimum atomic E-state index is -4.46. The van der Waals surface area contributed by atoms with Crippen LogP contribution < -0.4 is 4.74 Å². The molecule has 0 saturated carbocycles. The molecule has 1 saturated heterocycles. The summed E-state index contributed by atoms with van der Waals surface area (Å²) < 4.78 is 42.9. The fraction of sp³-hybridized carbons (Fsp3) is 0.222. The van der Waals surface area contributed by atoms with Gasteiger partial charge < -0.3 is 9.64 Å². The predicted octanol–water partition coefficient (Wildman–Crippen LogP) is 3.31. The number of carbonyl (C=O) groups excluding carboxylic acids is 1. The average Bonchev–Trinajstić information content (AvgIpc) is 2.62. The molecular weight excluding hydrogens is 379 g/mol. The Morgan fingerprint density at radius 1 is 1.21 bits per heavy atom. The average molecular weight is 393 g/mol. The van der Waals surface area contributed by atoms with Gasteiger partial charge in [-0.1, -0.05) is 0 Å². The maximum Gasteiger partial charge on any atom is 0.417 e. The van der Waals surface area contributed by atoms with Crippen LogP contribution in [0.2, 0.25) is 0 Å². The van der Waals surface area contributed by atoms with Crippen molar-refractivity contribution in [3.05, 3.63) is 69.9 Å². The van der Waals surface area contributed by atoms with Gasteiger partial charge in [0.15, 0.2) is 0 Å². The zero-order valence-electron chi connectivity index (χ0n) is 14.3. The van der Waals surface area contributed by atoms with E-state index in [0.29, 0.717) is 11.8 Å². The molecule has 1 amide bonds. The number of alkyl halides is 3. The number of halogens is 3. The van der Waals surface area contributed by atoms with Crippen molar-refractivity contribution in [2.45, 2.75) is 12.3 Å². The molecule has 7 nitrogen and oxygen atoms in total. The molecule has 28 heavy (non-hydrogen) atoms. The highest BCUT2D eigenvalue weighted by Crippen LogP contribution is 2.29. The van der Waals surface area contributed by atoms with Crippen LogP contribution >= 0.6 is 0 Å². The van der Waals surface area contributed by atoms with Crippen molar-refractivity contribution in [3.63, 3.8) is 0 Å². The summed E-state index contributed by atoms with van der Waals surface area (Å²) in [5.74, 6) is -0.204. The lowest BCUT2D eigenvalue weighted by Crippen LogP contribution is -2.55. The van der Waals surface area contributed by atoms with E-state index in [1.54, 1.807) is 0 Å². The molecule has 0 aliphatic carbocycles. The van der Waals surface area contributed by atoms with Crippen LogP contribution in [0.5, 0.6) is 5.88 Å². The minimum absolute atomic E-state index is 0.0388. The normalized spacial score (nSPS) is 14.8. The first-order valence-corrected chi connectivity index (χ1v) is 8.14. The Balaban J connectivity index is 1.48. The van der Waals surface area contributed by atoms with E-state index in [2.05, 4.69) is 4.98 Å². The van der Waals surface area contributed by atoms with Crippen LogP contribution in [-0.2, 0) is 11.0 Å². The number of benzene rings is 1. The van der Waals surface area contributed by atoms with Gasteiger partial charge in [0.2, 0.25) is 11.8 Å². The number of likely N-dealkylation sites (tertiary alicyclic amines) is 1. The second kappa shape index (κ2) is 7.67. The molecule has 1 aromatic carbocycles. The van der Waals surface area contributed by atoms with Gasteiger partial charge in [-0.25, -0.2) is 4.98 Å². The number of rotatable bonds is 5. The first-order chi connectivity index (χ1) is 13.2. The van der Waals surface area contributed by atoms with Crippen LogP contribution in [0, 0.1) is 10.1 Å². The fourth-order valence-corrected chi connectivity index (χ4v) is 2.46. The Bertz CT molecular complexity index is 890. The molecular formula is C18H14F3N3O4. The monoisotopic (exact) mass is 393 g/mol. The summed E-state index contributed by atoms with van der Waals surface area (Å²) in [4.78, 5) is 27.3. The van der Waals surface area contributed by atoms with Gasteiger partial charge in [-0.2, -0.15) is 13.2 Å². The van der Waals surface area contributed by atoms with Gasteiger partial charge in [-0.15, -0.1) is 0 Å². The van der Waals surface area contributed by atoms with E-state index in [0.717, 1.165) is 12.1 Å². The molecule has 0 unspecified atom stereocenters. The Hall–Kier alpha value is -3.43. The van der Waals surface area contributed by atoms with Gasteiger partial charge in [0.05, 0.1) is 23.6 Å². The number of nitro groups is 1. The van der Waals surface area contributed by atoms with Crippen LogP contribution in [0.15, 0.2) is 48.7 Å². The van der Waals surface area contributed by atoms with Crippen LogP contribution in [0.25, 0.3) is 6.08 Å². The summed E-state index contributed by atoms with van der Waals surface area (Å²) in [6.07, 6.45) is -1.22. The summed E-state index contributed by atoms with van der Waals surface area (Å²) in [7, 11) is 0. The van der Waals surface area contributed by atoms with Crippen LogP contribution in [0.3, 0.4) is 0 Å². The quantitative estimate of drug-likeness (QED) is 0.442. The number of aromatic nitrogens is 1. The summed E-state index contributed by atoms with van der Waals surface area (Å²) >= 11 is 0. The van der Waals surface area contributed by atoms with E-state index in [1.165, 1.54) is 41.3 Å². The number of amides is 1. The van der Waals surface area contributed by atoms with Crippen molar-refractivity contribution in [2.75, 3.05) is 13.1 Å². The van der Waals surface area contributed by atoms with E-state index < -0.39 is 16.7 Å². The molecule has 146 valence electrons. The number of pyridine rings is 1. The second-order valence-electron chi connectivity index (χ2n) is 6.05. The third-order valence-electron chi connectivity index (χ3n) is 4.03. The third kappa shape index (κ3) is 4.64. The van der Waals surface area contributed by atoms with E-state index in [-0.39, 0.29) is 36.7 Å². The first kappa shape index (κ1) is 19.3. The van der Waals surface area contributed by atoms with Gasteiger partial charge in [0.25, 0.3) is 5.69 Å². The molecule has 2 heterocycles. The Morgan fingerprint density at radius 2 is 1.89 bits per heavy atom. The largest absolute Gasteiger partial charge is 0.471 e. The Morgan fingerprint density at radius 3 is 2.43 bits per heavy atom. The number of ether oxygens (including phenoxy) is 1. The predicted molar refractivity (Wildman–Crippen MR) is 92.4 cm³/mol. The molecule has 0 spiro atoms. The summed E-state index contributed by atoms with van der Waals surface area (Å²) in [6.45, 7) is 0.568. The molecule has 1 fully saturated rings. The molecule has 0 N–H and O–H groups in total. The lowest BCUT2D eigenvalue weighted by molar-refractivity contribution is -0.384. The number of non-ortho nitro benzene ring substituents is 1. The second-order valence-corrected chi connectivity index (χ2v) is 6.05. The van der Waals surface area contributed by atoms with Gasteiger partial charge in [-0.3, -0.25) is 14.9 Å². The molecule has 1 aliphatic heterocycles. The topological polar surface area (TPSA) is 85.6 Å². The molecule has 0 radical (unpaired) electrons. The van der Waals surface area contributed by atoms with Crippen molar-refractivity contribution < 1.29 is 27.6 Å². The summed E-state index contributed by atoms with van der Waals surface area (Å²) in [5.41, 5.74) is -0.258. The van der Waals surface area contributed by atoms with E-state index in [9.17, 15) is 28.1 Å². The number of nitrogens with zero attached hydrogens (tertiary/aromatic N) is 3. The maximum absolute atomic E-state index is 12.5. The molecule has 3 rings (SSSR count). The van der Waals surface area contributed by atoms with E-state index >= 15 is 0 Å². The number of hydrogen-bond donors (Lipinski definition) is 0. The van der Waals surface area contributed by atoms with Gasteiger partial charge in [0, 0.05) is 30.5 Å². The summed E-state index contributed by atoms with van der Waals surface area (Å²) in [5, 5.41) is 10.6. The Labute approximate surface area is 157 Å². The Kier molecular flexibility index (Phi) is 5.30. The molecule has 1 aromatic heterocycles. The number of hydrogen-bond acceptors (Lipinski definition) is 5. The molecule has 2 aromatic rings. The van der Waals surface area contributed by atoms with Crippen molar-refractivity contribution >= 4 is 17.7 Å². The van der Waals surface area contributed by atoms with Crippen molar-refractivity contribution in [1.29, 1.82) is 0 Å². The van der Waals surface area contributed by atoms with Crippen molar-refractivity contribution in [2.24, 2.45) is 0 Å². The smallest absolute Gasteiger partial charge is 0.417 e. The van der Waals surface area contributed by atoms with E-state index in [4.69, 9.17) is 4.74 Å². The zero-order valence-corrected chi connectivity index (χ0v) is 14.3. The molecule has 0 atom stereocenters. The molecule has 10 heteroatoms. The SMILES string of the molecule is O=C(/C=C/c1ccc([N+](=O)[O-])cc1)N1CC(Oc2ccc(C(F)(F)F)cn2)C1. The fourth-order valence-electron chi connectivity index (χ4n) is 2.46. The zero-order chi connectivity index (χ0) is 20.3. The number of carbonyl (C=O) groups is 1. The lowest BCUT2D eigenvalue weighted by Gasteiger charge is -2.38. The van der Waals surface area contributed by atoms with Gasteiger partial charge >= 0.3 is 6.18 Å². The highest BCUT2D eigenvalue weighted by molar-refractivity contribution is 5.92. The number of nitro benzene ring substituents is 1. The standard InChI is InChI=1S/C18H14F3N3O4/c19-18(20,21)13-4-7-16(22-9-13)28-15-10-23(11-15)17(25)8-3-12-1-5-14(6-2-12)24(26)27/h1-9,15H,10-11H2/b8-3+. The highest BCUT2D eigenvalue weighted by atomic mass is 19.4. The third-order valence-corrected chi connectivity index (χ3v) is 4.03. The van der Waals surface area contributed by atoms with Crippen LogP contribution in [-0.4, -0.2) is 39.9 Å². The molecule has 1 aliphatic rings. The highest BCUT2D eigenvalue weighted by Gasteiger charge is 2.33. The first-order valence-electron chi connectivity index (χ1n) is 8.14. The maximum atomic E-state index is 12.5. The summed E-state index contributed by atoms with van der Waals surface area (Å²) in [6, 6.07) is 7.77. The van der Waals surface area contributed by atoms with Gasteiger partial charge in [0.1, 0.15) is 6.10 Å². The van der Waals surface area contributed by atoms with Crippen LogP contribution in [0.1, 0.15) is 11.1 Å². The lowest BCUT2D eigenvalue weighted by atomic mass is 10.1. The minimum Gasteiger partial charge on any atom is -0.471 e. The van der Waals surface area contributed by atoms with Gasteiger partial charge in [-0.05, 0) is 29.8 Å². The van der Waals surface area contributed by atoms with E-state index in [1.807, 2.05) is 0 Å².